The molecule has 1 aromatic rings. The quantitative estimate of drug-likeness (QED) is 0.838. The molecule has 0 radical (unpaired) electrons. The number of piperidine rings is 1. The van der Waals surface area contributed by atoms with Crippen LogP contribution in [0.15, 0.2) is 18.2 Å². The molecule has 0 aliphatic carbocycles. The van der Waals surface area contributed by atoms with Crippen molar-refractivity contribution >= 4 is 5.91 Å². The molecule has 2 rings (SSSR count). The lowest BCUT2D eigenvalue weighted by Crippen LogP contribution is -2.45. The number of aliphatic hydroxyl groups excluding tert-OH is 1. The molecule has 0 aromatic heterocycles. The highest BCUT2D eigenvalue weighted by molar-refractivity contribution is 5.95. The summed E-state index contributed by atoms with van der Waals surface area (Å²) >= 11 is 0. The minimum atomic E-state index is -0.107. The molecule has 1 saturated heterocycles. The van der Waals surface area contributed by atoms with Crippen LogP contribution in [0.5, 0.6) is 5.75 Å². The summed E-state index contributed by atoms with van der Waals surface area (Å²) in [5, 5.41) is 19.0. The molecule has 0 saturated carbocycles. The second kappa shape index (κ2) is 5.40. The smallest absolute Gasteiger partial charge is 0.254 e. The Morgan fingerprint density at radius 1 is 1.44 bits per heavy atom. The molecular weight excluding hydrogens is 230 g/mol. The van der Waals surface area contributed by atoms with Gasteiger partial charge in [0.1, 0.15) is 5.75 Å². The van der Waals surface area contributed by atoms with Gasteiger partial charge in [-0.25, -0.2) is 0 Å². The lowest BCUT2D eigenvalue weighted by molar-refractivity contribution is 0.0502. The van der Waals surface area contributed by atoms with Crippen LogP contribution < -0.4 is 0 Å². The summed E-state index contributed by atoms with van der Waals surface area (Å²) in [6.45, 7) is 2.48. The highest BCUT2D eigenvalue weighted by Crippen LogP contribution is 2.22. The first-order chi connectivity index (χ1) is 8.63. The van der Waals surface area contributed by atoms with Crippen LogP contribution in [-0.2, 0) is 0 Å². The largest absolute Gasteiger partial charge is 0.508 e. The predicted molar refractivity (Wildman–Crippen MR) is 68.6 cm³/mol. The number of likely N-dealkylation sites (tertiary alicyclic amines) is 1. The van der Waals surface area contributed by atoms with Crippen LogP contribution >= 0.6 is 0 Å². The lowest BCUT2D eigenvalue weighted by atomic mass is 10.0. The zero-order valence-corrected chi connectivity index (χ0v) is 10.6. The fourth-order valence-corrected chi connectivity index (χ4v) is 2.37. The van der Waals surface area contributed by atoms with Crippen LogP contribution in [0, 0.1) is 6.92 Å². The summed E-state index contributed by atoms with van der Waals surface area (Å²) in [5.74, 6) is 0.0301. The zero-order valence-electron chi connectivity index (χ0n) is 10.6. The number of aliphatic hydroxyl groups is 1. The van der Waals surface area contributed by atoms with Crippen molar-refractivity contribution in [2.45, 2.75) is 32.2 Å². The Bertz CT molecular complexity index is 445. The molecule has 98 valence electrons. The average Bonchev–Trinajstić information content (AvgIpc) is 2.41. The van der Waals surface area contributed by atoms with Crippen molar-refractivity contribution in [2.75, 3.05) is 13.2 Å². The van der Waals surface area contributed by atoms with Crippen LogP contribution in [-0.4, -0.2) is 40.2 Å². The minimum absolute atomic E-state index is 0.00356. The molecular formula is C14H19NO3. The first kappa shape index (κ1) is 12.9. The van der Waals surface area contributed by atoms with Gasteiger partial charge in [0, 0.05) is 12.1 Å². The molecule has 1 amide bonds. The van der Waals surface area contributed by atoms with Crippen LogP contribution in [0.25, 0.3) is 0 Å². The number of aromatic hydroxyl groups is 1. The third kappa shape index (κ3) is 2.48. The van der Waals surface area contributed by atoms with Gasteiger partial charge in [-0.3, -0.25) is 4.79 Å². The number of phenols is 1. The monoisotopic (exact) mass is 249 g/mol. The van der Waals surface area contributed by atoms with Crippen LogP contribution in [0.3, 0.4) is 0 Å². The zero-order chi connectivity index (χ0) is 13.1. The first-order valence-corrected chi connectivity index (χ1v) is 6.35. The molecule has 1 atom stereocenters. The van der Waals surface area contributed by atoms with E-state index in [0.29, 0.717) is 12.1 Å². The third-order valence-electron chi connectivity index (χ3n) is 3.55. The number of nitrogens with zero attached hydrogens (tertiary/aromatic N) is 1. The number of rotatable bonds is 2. The molecule has 1 unspecified atom stereocenters. The van der Waals surface area contributed by atoms with Crippen LogP contribution in [0.2, 0.25) is 0 Å². The maximum absolute atomic E-state index is 12.3. The van der Waals surface area contributed by atoms with Gasteiger partial charge in [0.15, 0.2) is 0 Å². The molecule has 4 heteroatoms. The van der Waals surface area contributed by atoms with Crippen LogP contribution in [0.4, 0.5) is 0 Å². The Kier molecular flexibility index (Phi) is 3.87. The van der Waals surface area contributed by atoms with Gasteiger partial charge in [0.2, 0.25) is 0 Å². The Balaban J connectivity index is 2.21. The average molecular weight is 249 g/mol. The Labute approximate surface area is 107 Å². The Hall–Kier alpha value is -1.55. The number of amides is 1. The fourth-order valence-electron chi connectivity index (χ4n) is 2.37. The summed E-state index contributed by atoms with van der Waals surface area (Å²) in [6, 6.07) is 4.87. The first-order valence-electron chi connectivity index (χ1n) is 6.35. The number of carbonyl (C=O) groups is 1. The summed E-state index contributed by atoms with van der Waals surface area (Å²) in [7, 11) is 0. The molecule has 2 N–H and O–H groups in total. The molecule has 1 aliphatic rings. The third-order valence-corrected chi connectivity index (χ3v) is 3.55. The molecule has 18 heavy (non-hydrogen) atoms. The number of hydrogen-bond acceptors (Lipinski definition) is 3. The van der Waals surface area contributed by atoms with Crippen LogP contribution in [0.1, 0.15) is 35.2 Å². The maximum atomic E-state index is 12.3. The van der Waals surface area contributed by atoms with Gasteiger partial charge < -0.3 is 15.1 Å². The molecule has 1 heterocycles. The number of carbonyl (C=O) groups excluding carboxylic acids is 1. The van der Waals surface area contributed by atoms with E-state index in [4.69, 9.17) is 0 Å². The summed E-state index contributed by atoms with van der Waals surface area (Å²) in [6.07, 6.45) is 2.87. The van der Waals surface area contributed by atoms with Gasteiger partial charge in [-0.2, -0.15) is 0 Å². The number of aryl methyl sites for hydroxylation is 1. The molecule has 0 bridgehead atoms. The Morgan fingerprint density at radius 3 is 2.89 bits per heavy atom. The van der Waals surface area contributed by atoms with E-state index in [0.717, 1.165) is 24.8 Å². The Morgan fingerprint density at radius 2 is 2.22 bits per heavy atom. The van der Waals surface area contributed by atoms with Gasteiger partial charge in [-0.1, -0.05) is 6.07 Å². The van der Waals surface area contributed by atoms with Gasteiger partial charge in [0.25, 0.3) is 5.91 Å². The van der Waals surface area contributed by atoms with E-state index in [2.05, 4.69) is 0 Å². The van der Waals surface area contributed by atoms with Crippen molar-refractivity contribution in [2.24, 2.45) is 0 Å². The van der Waals surface area contributed by atoms with E-state index in [1.54, 1.807) is 24.0 Å². The highest BCUT2D eigenvalue weighted by atomic mass is 16.3. The maximum Gasteiger partial charge on any atom is 0.254 e. The molecule has 4 nitrogen and oxygen atoms in total. The van der Waals surface area contributed by atoms with E-state index in [9.17, 15) is 15.0 Å². The second-order valence-electron chi connectivity index (χ2n) is 4.83. The normalized spacial score (nSPS) is 19.9. The van der Waals surface area contributed by atoms with Gasteiger partial charge in [-0.15, -0.1) is 0 Å². The van der Waals surface area contributed by atoms with Crippen molar-refractivity contribution in [1.82, 2.24) is 4.90 Å². The number of phenolic OH excluding ortho intramolecular Hbond substituents is 1. The molecule has 0 spiro atoms. The number of benzene rings is 1. The molecule has 1 aliphatic heterocycles. The number of hydrogen-bond donors (Lipinski definition) is 2. The topological polar surface area (TPSA) is 60.8 Å². The van der Waals surface area contributed by atoms with Crippen molar-refractivity contribution in [3.63, 3.8) is 0 Å². The van der Waals surface area contributed by atoms with Gasteiger partial charge >= 0.3 is 0 Å². The minimum Gasteiger partial charge on any atom is -0.508 e. The molecule has 1 aromatic carbocycles. The van der Waals surface area contributed by atoms with Crippen molar-refractivity contribution in [3.05, 3.63) is 29.3 Å². The van der Waals surface area contributed by atoms with Gasteiger partial charge in [-0.05, 0) is 43.9 Å². The van der Waals surface area contributed by atoms with E-state index in [1.807, 2.05) is 0 Å². The van der Waals surface area contributed by atoms with E-state index >= 15 is 0 Å². The van der Waals surface area contributed by atoms with E-state index in [-0.39, 0.29) is 24.3 Å². The van der Waals surface area contributed by atoms with Gasteiger partial charge in [0.05, 0.1) is 12.6 Å². The van der Waals surface area contributed by atoms with Crippen molar-refractivity contribution in [3.8, 4) is 5.75 Å². The molecule has 1 fully saturated rings. The summed E-state index contributed by atoms with van der Waals surface area (Å²) < 4.78 is 0. The van der Waals surface area contributed by atoms with Crippen molar-refractivity contribution < 1.29 is 15.0 Å². The standard InChI is InChI=1S/C14H19NO3/c1-10-5-6-11(8-13(10)17)14(18)15-7-3-2-4-12(15)9-16/h5-6,8,12,16-17H,2-4,7,9H2,1H3. The van der Waals surface area contributed by atoms with Crippen molar-refractivity contribution in [1.29, 1.82) is 0 Å². The fraction of sp³-hybridized carbons (Fsp3) is 0.500. The lowest BCUT2D eigenvalue weighted by Gasteiger charge is -2.34. The predicted octanol–water partition coefficient (Wildman–Crippen LogP) is 1.69. The summed E-state index contributed by atoms with van der Waals surface area (Å²) in [4.78, 5) is 14.1. The highest BCUT2D eigenvalue weighted by Gasteiger charge is 2.27. The van der Waals surface area contributed by atoms with E-state index in [1.165, 1.54) is 6.07 Å². The summed E-state index contributed by atoms with van der Waals surface area (Å²) in [5.41, 5.74) is 1.24. The SMILES string of the molecule is Cc1ccc(C(=O)N2CCCCC2CO)cc1O. The second-order valence-corrected chi connectivity index (χ2v) is 4.83. The van der Waals surface area contributed by atoms with E-state index < -0.39 is 0 Å².